The number of carbonyl (C=O) groups is 1. The maximum atomic E-state index is 12.3. The molecule has 36 heavy (non-hydrogen) atoms. The topological polar surface area (TPSA) is 94.1 Å². The lowest BCUT2D eigenvalue weighted by atomic mass is 10.2. The zero-order valence-electron chi connectivity index (χ0n) is 18.9. The lowest BCUT2D eigenvalue weighted by Crippen LogP contribution is -2.17. The summed E-state index contributed by atoms with van der Waals surface area (Å²) in [6, 6.07) is 28.2. The Morgan fingerprint density at radius 3 is 2.14 bits per heavy atom. The van der Waals surface area contributed by atoms with Gasteiger partial charge in [-0.25, -0.2) is 5.43 Å². The monoisotopic (exact) mass is 520 g/mol. The van der Waals surface area contributed by atoms with E-state index in [1.54, 1.807) is 66.7 Å². The van der Waals surface area contributed by atoms with Crippen LogP contribution in [0.4, 0.5) is 0 Å². The molecule has 0 heterocycles. The van der Waals surface area contributed by atoms with Gasteiger partial charge in [-0.3, -0.25) is 4.79 Å². The number of hydrazone groups is 1. The SMILES string of the molecule is O=C(NN=Cc1ccc(OS(=O)(=O)c2ccccc2)cc1)c1ccc(OCc2ccc(Cl)cc2)cc1. The number of halogens is 1. The van der Waals surface area contributed by atoms with Crippen LogP contribution < -0.4 is 14.3 Å². The van der Waals surface area contributed by atoms with E-state index in [0.29, 0.717) is 28.5 Å². The number of amides is 1. The fourth-order valence-electron chi connectivity index (χ4n) is 3.05. The summed E-state index contributed by atoms with van der Waals surface area (Å²) in [6.45, 7) is 0.384. The maximum Gasteiger partial charge on any atom is 0.339 e. The van der Waals surface area contributed by atoms with Crippen molar-refractivity contribution in [3.63, 3.8) is 0 Å². The van der Waals surface area contributed by atoms with Crippen LogP contribution in [-0.4, -0.2) is 20.5 Å². The second-order valence-corrected chi connectivity index (χ2v) is 9.54. The minimum atomic E-state index is -3.91. The van der Waals surface area contributed by atoms with Crippen LogP contribution in [0.3, 0.4) is 0 Å². The average Bonchev–Trinajstić information content (AvgIpc) is 2.90. The summed E-state index contributed by atoms with van der Waals surface area (Å²) in [7, 11) is -3.91. The molecule has 0 aliphatic carbocycles. The van der Waals surface area contributed by atoms with Gasteiger partial charge in [0.05, 0.1) is 6.21 Å². The van der Waals surface area contributed by atoms with E-state index in [1.807, 2.05) is 12.1 Å². The standard InChI is InChI=1S/C27H21ClN2O5S/c28-23-12-6-21(7-13-23)19-34-24-16-10-22(11-17-24)27(31)30-29-18-20-8-14-25(15-9-20)35-36(32,33)26-4-2-1-3-5-26/h1-18H,19H2,(H,30,31). The number of hydrogen-bond donors (Lipinski definition) is 1. The number of rotatable bonds is 9. The molecule has 0 aliphatic rings. The Kier molecular flexibility index (Phi) is 7.99. The lowest BCUT2D eigenvalue weighted by Gasteiger charge is -2.07. The van der Waals surface area contributed by atoms with Crippen LogP contribution in [-0.2, 0) is 16.7 Å². The molecule has 0 unspecified atom stereocenters. The molecule has 7 nitrogen and oxygen atoms in total. The highest BCUT2D eigenvalue weighted by Crippen LogP contribution is 2.19. The van der Waals surface area contributed by atoms with Crippen molar-refractivity contribution in [3.8, 4) is 11.5 Å². The van der Waals surface area contributed by atoms with Crippen molar-refractivity contribution in [2.75, 3.05) is 0 Å². The van der Waals surface area contributed by atoms with Crippen molar-refractivity contribution in [3.05, 3.63) is 125 Å². The molecular weight excluding hydrogens is 500 g/mol. The van der Waals surface area contributed by atoms with E-state index in [0.717, 1.165) is 5.56 Å². The van der Waals surface area contributed by atoms with Gasteiger partial charge in [-0.2, -0.15) is 13.5 Å². The average molecular weight is 521 g/mol. The zero-order chi connectivity index (χ0) is 25.4. The molecule has 0 fully saturated rings. The van der Waals surface area contributed by atoms with Gasteiger partial charge in [0.25, 0.3) is 5.91 Å². The quantitative estimate of drug-likeness (QED) is 0.180. The molecule has 182 valence electrons. The number of nitrogens with zero attached hydrogens (tertiary/aromatic N) is 1. The number of carbonyl (C=O) groups excluding carboxylic acids is 1. The second-order valence-electron chi connectivity index (χ2n) is 7.56. The molecule has 0 spiro atoms. The molecule has 4 aromatic carbocycles. The molecule has 0 saturated heterocycles. The summed E-state index contributed by atoms with van der Waals surface area (Å²) in [5, 5.41) is 4.61. The fraction of sp³-hybridized carbons (Fsp3) is 0.0370. The molecule has 1 N–H and O–H groups in total. The summed E-state index contributed by atoms with van der Waals surface area (Å²) < 4.78 is 35.4. The van der Waals surface area contributed by atoms with Crippen molar-refractivity contribution in [2.24, 2.45) is 5.10 Å². The van der Waals surface area contributed by atoms with E-state index in [-0.39, 0.29) is 16.6 Å². The van der Waals surface area contributed by atoms with Crippen LogP contribution in [0.15, 0.2) is 113 Å². The summed E-state index contributed by atoms with van der Waals surface area (Å²) in [5.74, 6) is 0.407. The van der Waals surface area contributed by atoms with E-state index in [9.17, 15) is 13.2 Å². The lowest BCUT2D eigenvalue weighted by molar-refractivity contribution is 0.0955. The highest BCUT2D eigenvalue weighted by Gasteiger charge is 2.15. The molecule has 9 heteroatoms. The number of hydrogen-bond acceptors (Lipinski definition) is 6. The van der Waals surface area contributed by atoms with Crippen molar-refractivity contribution in [1.82, 2.24) is 5.43 Å². The first-order valence-corrected chi connectivity index (χ1v) is 12.6. The molecule has 1 amide bonds. The van der Waals surface area contributed by atoms with Gasteiger partial charge in [-0.1, -0.05) is 41.9 Å². The van der Waals surface area contributed by atoms with E-state index >= 15 is 0 Å². The molecule has 0 atom stereocenters. The van der Waals surface area contributed by atoms with Gasteiger partial charge < -0.3 is 8.92 Å². The van der Waals surface area contributed by atoms with Gasteiger partial charge in [0.1, 0.15) is 23.0 Å². The normalized spacial score (nSPS) is 11.2. The Morgan fingerprint density at radius 1 is 0.833 bits per heavy atom. The summed E-state index contributed by atoms with van der Waals surface area (Å²) in [4.78, 5) is 12.4. The smallest absolute Gasteiger partial charge is 0.339 e. The molecule has 4 rings (SSSR count). The number of nitrogens with one attached hydrogen (secondary N) is 1. The summed E-state index contributed by atoms with van der Waals surface area (Å²) in [6.07, 6.45) is 1.44. The highest BCUT2D eigenvalue weighted by atomic mass is 35.5. The number of ether oxygens (including phenoxy) is 1. The Morgan fingerprint density at radius 2 is 1.47 bits per heavy atom. The van der Waals surface area contributed by atoms with Crippen LogP contribution in [0.5, 0.6) is 11.5 Å². The van der Waals surface area contributed by atoms with E-state index in [2.05, 4.69) is 10.5 Å². The molecular formula is C27H21ClN2O5S. The largest absolute Gasteiger partial charge is 0.489 e. The first-order chi connectivity index (χ1) is 17.4. The van der Waals surface area contributed by atoms with Crippen LogP contribution >= 0.6 is 11.6 Å². The molecule has 0 aliphatic heterocycles. The third kappa shape index (κ3) is 6.94. The van der Waals surface area contributed by atoms with Crippen LogP contribution in [0.1, 0.15) is 21.5 Å². The van der Waals surface area contributed by atoms with Crippen molar-refractivity contribution < 1.29 is 22.1 Å². The van der Waals surface area contributed by atoms with Crippen molar-refractivity contribution >= 4 is 33.8 Å². The third-order valence-electron chi connectivity index (χ3n) is 4.93. The summed E-state index contributed by atoms with van der Waals surface area (Å²) in [5.41, 5.74) is 4.50. The Balaban J connectivity index is 1.27. The number of benzene rings is 4. The van der Waals surface area contributed by atoms with Gasteiger partial charge >= 0.3 is 10.1 Å². The van der Waals surface area contributed by atoms with Gasteiger partial charge in [0.2, 0.25) is 0 Å². The molecule has 0 aromatic heterocycles. The minimum absolute atomic E-state index is 0.0690. The van der Waals surface area contributed by atoms with E-state index in [4.69, 9.17) is 20.5 Å². The third-order valence-corrected chi connectivity index (χ3v) is 6.45. The van der Waals surface area contributed by atoms with E-state index in [1.165, 1.54) is 30.5 Å². The summed E-state index contributed by atoms with van der Waals surface area (Å²) >= 11 is 5.88. The Labute approximate surface area is 214 Å². The van der Waals surface area contributed by atoms with Gasteiger partial charge in [-0.15, -0.1) is 0 Å². The molecule has 0 radical (unpaired) electrons. The van der Waals surface area contributed by atoms with Crippen LogP contribution in [0.2, 0.25) is 5.02 Å². The highest BCUT2D eigenvalue weighted by molar-refractivity contribution is 7.87. The van der Waals surface area contributed by atoms with Gasteiger partial charge in [0.15, 0.2) is 0 Å². The Bertz CT molecular complexity index is 1440. The van der Waals surface area contributed by atoms with E-state index < -0.39 is 10.1 Å². The predicted molar refractivity (Wildman–Crippen MR) is 138 cm³/mol. The fourth-order valence-corrected chi connectivity index (χ4v) is 4.13. The Hall–Kier alpha value is -4.14. The van der Waals surface area contributed by atoms with Gasteiger partial charge in [0, 0.05) is 10.6 Å². The van der Waals surface area contributed by atoms with Crippen LogP contribution in [0.25, 0.3) is 0 Å². The first kappa shape index (κ1) is 25.0. The predicted octanol–water partition coefficient (Wildman–Crippen LogP) is 5.45. The van der Waals surface area contributed by atoms with Crippen LogP contribution in [0, 0.1) is 0 Å². The van der Waals surface area contributed by atoms with Crippen molar-refractivity contribution in [1.29, 1.82) is 0 Å². The minimum Gasteiger partial charge on any atom is -0.489 e. The maximum absolute atomic E-state index is 12.3. The first-order valence-electron chi connectivity index (χ1n) is 10.8. The second kappa shape index (κ2) is 11.5. The molecule has 4 aromatic rings. The van der Waals surface area contributed by atoms with Gasteiger partial charge in [-0.05, 0) is 83.9 Å². The molecule has 0 saturated carbocycles. The zero-order valence-corrected chi connectivity index (χ0v) is 20.4. The molecule has 0 bridgehead atoms. The van der Waals surface area contributed by atoms with Crippen molar-refractivity contribution in [2.45, 2.75) is 11.5 Å².